The average molecular weight is 242 g/mol. The average Bonchev–Trinajstić information content (AvgIpc) is 2.28. The second-order valence-electron chi connectivity index (χ2n) is 4.91. The molecular weight excluding hydrogens is 227 g/mol. The molecule has 1 saturated carbocycles. The summed E-state index contributed by atoms with van der Waals surface area (Å²) in [5, 5.41) is 9.20. The smallest absolute Gasteiger partial charge is 0.134 e. The molecular formula is C16H15FO. The van der Waals surface area contributed by atoms with E-state index in [2.05, 4.69) is 12.1 Å². The van der Waals surface area contributed by atoms with E-state index in [1.165, 1.54) is 30.9 Å². The van der Waals surface area contributed by atoms with Gasteiger partial charge < -0.3 is 5.11 Å². The lowest BCUT2D eigenvalue weighted by Crippen LogP contribution is -2.08. The van der Waals surface area contributed by atoms with Crippen LogP contribution in [0.2, 0.25) is 0 Å². The molecule has 3 rings (SSSR count). The molecule has 0 aliphatic heterocycles. The van der Waals surface area contributed by atoms with Gasteiger partial charge in [0.25, 0.3) is 0 Å². The molecule has 0 amide bonds. The Morgan fingerprint density at radius 3 is 2.28 bits per heavy atom. The summed E-state index contributed by atoms with van der Waals surface area (Å²) in [6, 6.07) is 12.4. The van der Waals surface area contributed by atoms with Gasteiger partial charge in [0.05, 0.1) is 0 Å². The second kappa shape index (κ2) is 4.45. The first-order valence-corrected chi connectivity index (χ1v) is 6.33. The Hall–Kier alpha value is -1.83. The third-order valence-corrected chi connectivity index (χ3v) is 3.75. The molecule has 18 heavy (non-hydrogen) atoms. The van der Waals surface area contributed by atoms with Gasteiger partial charge in [-0.25, -0.2) is 4.39 Å². The van der Waals surface area contributed by atoms with Crippen LogP contribution in [0, 0.1) is 5.82 Å². The SMILES string of the molecule is Oc1ccc(-c2ccc(C3CCC3)cc2)c(F)c1. The van der Waals surface area contributed by atoms with Crippen molar-refractivity contribution in [1.29, 1.82) is 0 Å². The molecule has 1 N–H and O–H groups in total. The topological polar surface area (TPSA) is 20.2 Å². The van der Waals surface area contributed by atoms with Crippen LogP contribution >= 0.6 is 0 Å². The fraction of sp³-hybridized carbons (Fsp3) is 0.250. The van der Waals surface area contributed by atoms with Crippen molar-refractivity contribution in [3.63, 3.8) is 0 Å². The summed E-state index contributed by atoms with van der Waals surface area (Å²) in [6.07, 6.45) is 3.86. The molecule has 0 spiro atoms. The molecule has 0 saturated heterocycles. The summed E-state index contributed by atoms with van der Waals surface area (Å²) in [7, 11) is 0. The molecule has 0 radical (unpaired) electrons. The molecule has 0 aromatic heterocycles. The fourth-order valence-corrected chi connectivity index (χ4v) is 2.41. The highest BCUT2D eigenvalue weighted by atomic mass is 19.1. The first kappa shape index (κ1) is 11.3. The predicted molar refractivity (Wildman–Crippen MR) is 70.1 cm³/mol. The Kier molecular flexibility index (Phi) is 2.78. The van der Waals surface area contributed by atoms with Crippen molar-refractivity contribution in [2.45, 2.75) is 25.2 Å². The minimum absolute atomic E-state index is 0.0395. The number of phenolic OH excluding ortho intramolecular Hbond substituents is 1. The van der Waals surface area contributed by atoms with Crippen molar-refractivity contribution in [3.05, 3.63) is 53.8 Å². The molecule has 0 bridgehead atoms. The molecule has 0 unspecified atom stereocenters. The van der Waals surface area contributed by atoms with E-state index in [4.69, 9.17) is 0 Å². The van der Waals surface area contributed by atoms with Gasteiger partial charge in [-0.05, 0) is 42.0 Å². The molecule has 2 heteroatoms. The summed E-state index contributed by atoms with van der Waals surface area (Å²) in [4.78, 5) is 0. The quantitative estimate of drug-likeness (QED) is 0.824. The number of halogens is 1. The predicted octanol–water partition coefficient (Wildman–Crippen LogP) is 4.47. The van der Waals surface area contributed by atoms with E-state index < -0.39 is 0 Å². The van der Waals surface area contributed by atoms with Crippen molar-refractivity contribution in [1.82, 2.24) is 0 Å². The lowest BCUT2D eigenvalue weighted by molar-refractivity contribution is 0.420. The highest BCUT2D eigenvalue weighted by Crippen LogP contribution is 2.37. The monoisotopic (exact) mass is 242 g/mol. The zero-order chi connectivity index (χ0) is 12.5. The van der Waals surface area contributed by atoms with Gasteiger partial charge in [-0.2, -0.15) is 0 Å². The number of rotatable bonds is 2. The highest BCUT2D eigenvalue weighted by molar-refractivity contribution is 5.65. The van der Waals surface area contributed by atoms with E-state index in [1.807, 2.05) is 12.1 Å². The number of hydrogen-bond acceptors (Lipinski definition) is 1. The molecule has 1 nitrogen and oxygen atoms in total. The van der Waals surface area contributed by atoms with Crippen LogP contribution in [0.4, 0.5) is 4.39 Å². The number of phenols is 1. The summed E-state index contributed by atoms with van der Waals surface area (Å²) >= 11 is 0. The summed E-state index contributed by atoms with van der Waals surface area (Å²) in [5.41, 5.74) is 2.74. The van der Waals surface area contributed by atoms with Crippen LogP contribution in [0.3, 0.4) is 0 Å². The van der Waals surface area contributed by atoms with Gasteiger partial charge in [0.15, 0.2) is 0 Å². The van der Waals surface area contributed by atoms with Gasteiger partial charge in [-0.1, -0.05) is 30.7 Å². The van der Waals surface area contributed by atoms with Gasteiger partial charge in [-0.15, -0.1) is 0 Å². The van der Waals surface area contributed by atoms with E-state index in [9.17, 15) is 9.50 Å². The third kappa shape index (κ3) is 1.99. The van der Waals surface area contributed by atoms with E-state index in [1.54, 1.807) is 6.07 Å². The van der Waals surface area contributed by atoms with Gasteiger partial charge in [0.1, 0.15) is 11.6 Å². The van der Waals surface area contributed by atoms with Gasteiger partial charge in [-0.3, -0.25) is 0 Å². The first-order chi connectivity index (χ1) is 8.74. The zero-order valence-corrected chi connectivity index (χ0v) is 10.1. The molecule has 0 atom stereocenters. The Morgan fingerprint density at radius 2 is 1.72 bits per heavy atom. The Morgan fingerprint density at radius 1 is 1.00 bits per heavy atom. The Balaban J connectivity index is 1.91. The summed E-state index contributed by atoms with van der Waals surface area (Å²) in [5.74, 6) is 0.275. The number of hydrogen-bond donors (Lipinski definition) is 1. The zero-order valence-electron chi connectivity index (χ0n) is 10.1. The Bertz CT molecular complexity index is 556. The molecule has 92 valence electrons. The molecule has 0 heterocycles. The molecule has 1 aliphatic carbocycles. The lowest BCUT2D eigenvalue weighted by atomic mass is 9.80. The van der Waals surface area contributed by atoms with E-state index in [0.29, 0.717) is 11.5 Å². The largest absolute Gasteiger partial charge is 0.508 e. The van der Waals surface area contributed by atoms with E-state index >= 15 is 0 Å². The first-order valence-electron chi connectivity index (χ1n) is 6.33. The summed E-state index contributed by atoms with van der Waals surface area (Å²) < 4.78 is 13.7. The van der Waals surface area contributed by atoms with Crippen LogP contribution in [-0.4, -0.2) is 5.11 Å². The van der Waals surface area contributed by atoms with E-state index in [0.717, 1.165) is 11.6 Å². The minimum atomic E-state index is -0.383. The van der Waals surface area contributed by atoms with Crippen molar-refractivity contribution in [2.75, 3.05) is 0 Å². The van der Waals surface area contributed by atoms with Crippen molar-refractivity contribution >= 4 is 0 Å². The van der Waals surface area contributed by atoms with Crippen LogP contribution in [0.15, 0.2) is 42.5 Å². The van der Waals surface area contributed by atoms with Gasteiger partial charge >= 0.3 is 0 Å². The normalized spacial score (nSPS) is 15.4. The number of benzene rings is 2. The van der Waals surface area contributed by atoms with E-state index in [-0.39, 0.29) is 11.6 Å². The molecule has 2 aromatic carbocycles. The van der Waals surface area contributed by atoms with Crippen LogP contribution in [-0.2, 0) is 0 Å². The molecule has 1 aliphatic rings. The van der Waals surface area contributed by atoms with Crippen LogP contribution in [0.25, 0.3) is 11.1 Å². The lowest BCUT2D eigenvalue weighted by Gasteiger charge is -2.25. The highest BCUT2D eigenvalue weighted by Gasteiger charge is 2.19. The summed E-state index contributed by atoms with van der Waals surface area (Å²) in [6.45, 7) is 0. The Labute approximate surface area is 106 Å². The van der Waals surface area contributed by atoms with Crippen molar-refractivity contribution in [3.8, 4) is 16.9 Å². The maximum atomic E-state index is 13.7. The third-order valence-electron chi connectivity index (χ3n) is 3.75. The van der Waals surface area contributed by atoms with Gasteiger partial charge in [0, 0.05) is 11.6 Å². The minimum Gasteiger partial charge on any atom is -0.508 e. The maximum absolute atomic E-state index is 13.7. The molecule has 1 fully saturated rings. The van der Waals surface area contributed by atoms with Crippen LogP contribution in [0.1, 0.15) is 30.7 Å². The number of aromatic hydroxyl groups is 1. The van der Waals surface area contributed by atoms with Crippen molar-refractivity contribution in [2.24, 2.45) is 0 Å². The van der Waals surface area contributed by atoms with Gasteiger partial charge in [0.2, 0.25) is 0 Å². The van der Waals surface area contributed by atoms with Crippen LogP contribution in [0.5, 0.6) is 5.75 Å². The molecule has 2 aromatic rings. The maximum Gasteiger partial charge on any atom is 0.134 e. The second-order valence-corrected chi connectivity index (χ2v) is 4.91. The van der Waals surface area contributed by atoms with Crippen molar-refractivity contribution < 1.29 is 9.50 Å². The van der Waals surface area contributed by atoms with Crippen LogP contribution < -0.4 is 0 Å². The fourth-order valence-electron chi connectivity index (χ4n) is 2.41. The standard InChI is InChI=1S/C16H15FO/c17-16-10-14(18)8-9-15(16)13-6-4-12(5-7-13)11-2-1-3-11/h4-11,18H,1-3H2.